The zero-order valence-corrected chi connectivity index (χ0v) is 9.19. The van der Waals surface area contributed by atoms with Crippen molar-refractivity contribution in [2.75, 3.05) is 0 Å². The van der Waals surface area contributed by atoms with Crippen molar-refractivity contribution in [1.82, 2.24) is 10.1 Å². The minimum atomic E-state index is 0.275. The minimum Gasteiger partial charge on any atom is -0.339 e. The molecular formula is C12H14N2O. The van der Waals surface area contributed by atoms with Crippen LogP contribution in [0.4, 0.5) is 0 Å². The van der Waals surface area contributed by atoms with E-state index in [1.54, 1.807) is 0 Å². The molecule has 0 spiro atoms. The van der Waals surface area contributed by atoms with Crippen LogP contribution in [0.15, 0.2) is 28.8 Å². The number of hydrogen-bond acceptors (Lipinski definition) is 3. The molecule has 0 saturated carbocycles. The van der Waals surface area contributed by atoms with E-state index in [2.05, 4.69) is 17.1 Å². The van der Waals surface area contributed by atoms with Gasteiger partial charge in [0.05, 0.1) is 0 Å². The molecule has 0 radical (unpaired) electrons. The van der Waals surface area contributed by atoms with Gasteiger partial charge in [-0.2, -0.15) is 4.98 Å². The predicted octanol–water partition coefficient (Wildman–Crippen LogP) is 3.17. The van der Waals surface area contributed by atoms with Crippen molar-refractivity contribution in [2.45, 2.75) is 26.7 Å². The first kappa shape index (κ1) is 9.90. The highest BCUT2D eigenvalue weighted by molar-refractivity contribution is 5.54. The van der Waals surface area contributed by atoms with Gasteiger partial charge in [0, 0.05) is 11.5 Å². The van der Waals surface area contributed by atoms with Crippen LogP contribution in [0.5, 0.6) is 0 Å². The Morgan fingerprint density at radius 3 is 2.33 bits per heavy atom. The summed E-state index contributed by atoms with van der Waals surface area (Å²) in [6.07, 6.45) is 0. The third-order valence-electron chi connectivity index (χ3n) is 2.25. The summed E-state index contributed by atoms with van der Waals surface area (Å²) in [4.78, 5) is 4.33. The molecule has 2 rings (SSSR count). The summed E-state index contributed by atoms with van der Waals surface area (Å²) in [5.74, 6) is 1.63. The lowest BCUT2D eigenvalue weighted by Crippen LogP contribution is -1.86. The minimum absolute atomic E-state index is 0.275. The van der Waals surface area contributed by atoms with E-state index in [-0.39, 0.29) is 5.92 Å². The SMILES string of the molecule is Cc1ccc(-c2noc(C(C)C)n2)cc1. The van der Waals surface area contributed by atoms with Gasteiger partial charge >= 0.3 is 0 Å². The lowest BCUT2D eigenvalue weighted by atomic mass is 10.1. The number of rotatable bonds is 2. The average Bonchev–Trinajstić information content (AvgIpc) is 2.68. The molecule has 0 saturated heterocycles. The molecule has 0 aliphatic rings. The Bertz CT molecular complexity index is 443. The monoisotopic (exact) mass is 202 g/mol. The molecule has 2 aromatic rings. The first-order chi connectivity index (χ1) is 7.16. The molecule has 0 aliphatic carbocycles. The Kier molecular flexibility index (Phi) is 2.54. The fourth-order valence-electron chi connectivity index (χ4n) is 1.29. The van der Waals surface area contributed by atoms with E-state index in [0.29, 0.717) is 11.7 Å². The molecule has 3 nitrogen and oxygen atoms in total. The molecule has 0 bridgehead atoms. The van der Waals surface area contributed by atoms with Crippen LogP contribution in [0.1, 0.15) is 31.2 Å². The molecule has 78 valence electrons. The van der Waals surface area contributed by atoms with Gasteiger partial charge in [-0.3, -0.25) is 0 Å². The van der Waals surface area contributed by atoms with Crippen molar-refractivity contribution in [3.63, 3.8) is 0 Å². The van der Waals surface area contributed by atoms with E-state index < -0.39 is 0 Å². The fraction of sp³-hybridized carbons (Fsp3) is 0.333. The first-order valence-corrected chi connectivity index (χ1v) is 5.07. The van der Waals surface area contributed by atoms with Crippen molar-refractivity contribution >= 4 is 0 Å². The number of benzene rings is 1. The summed E-state index contributed by atoms with van der Waals surface area (Å²) in [6, 6.07) is 8.09. The van der Waals surface area contributed by atoms with E-state index in [4.69, 9.17) is 4.52 Å². The van der Waals surface area contributed by atoms with Gasteiger partial charge in [0.25, 0.3) is 0 Å². The molecule has 0 fully saturated rings. The highest BCUT2D eigenvalue weighted by atomic mass is 16.5. The Balaban J connectivity index is 2.33. The van der Waals surface area contributed by atoms with Crippen LogP contribution in [0, 0.1) is 6.92 Å². The summed E-state index contributed by atoms with van der Waals surface area (Å²) < 4.78 is 5.15. The summed E-state index contributed by atoms with van der Waals surface area (Å²) in [5.41, 5.74) is 2.22. The van der Waals surface area contributed by atoms with Crippen molar-refractivity contribution in [3.05, 3.63) is 35.7 Å². The zero-order valence-electron chi connectivity index (χ0n) is 9.19. The van der Waals surface area contributed by atoms with Crippen LogP contribution in [0.2, 0.25) is 0 Å². The van der Waals surface area contributed by atoms with Crippen LogP contribution in [0.3, 0.4) is 0 Å². The highest BCUT2D eigenvalue weighted by Crippen LogP contribution is 2.19. The summed E-state index contributed by atoms with van der Waals surface area (Å²) in [6.45, 7) is 6.12. The van der Waals surface area contributed by atoms with Crippen molar-refractivity contribution < 1.29 is 4.52 Å². The smallest absolute Gasteiger partial charge is 0.229 e. The lowest BCUT2D eigenvalue weighted by Gasteiger charge is -1.95. The van der Waals surface area contributed by atoms with E-state index in [1.807, 2.05) is 38.1 Å². The summed E-state index contributed by atoms with van der Waals surface area (Å²) in [7, 11) is 0. The van der Waals surface area contributed by atoms with Crippen LogP contribution < -0.4 is 0 Å². The molecule has 1 aromatic carbocycles. The van der Waals surface area contributed by atoms with Crippen LogP contribution in [-0.2, 0) is 0 Å². The Morgan fingerprint density at radius 1 is 1.13 bits per heavy atom. The fourth-order valence-corrected chi connectivity index (χ4v) is 1.29. The molecule has 0 unspecified atom stereocenters. The molecule has 3 heteroatoms. The van der Waals surface area contributed by atoms with E-state index in [0.717, 1.165) is 5.56 Å². The van der Waals surface area contributed by atoms with E-state index >= 15 is 0 Å². The van der Waals surface area contributed by atoms with Gasteiger partial charge in [0.1, 0.15) is 0 Å². The number of aryl methyl sites for hydroxylation is 1. The molecule has 0 N–H and O–H groups in total. The largest absolute Gasteiger partial charge is 0.339 e. The number of hydrogen-bond donors (Lipinski definition) is 0. The second-order valence-electron chi connectivity index (χ2n) is 3.98. The molecule has 0 amide bonds. The molecule has 0 aliphatic heterocycles. The Labute approximate surface area is 89.1 Å². The highest BCUT2D eigenvalue weighted by Gasteiger charge is 2.10. The van der Waals surface area contributed by atoms with Crippen molar-refractivity contribution in [2.24, 2.45) is 0 Å². The van der Waals surface area contributed by atoms with Gasteiger partial charge in [-0.05, 0) is 6.92 Å². The van der Waals surface area contributed by atoms with Gasteiger partial charge in [0.15, 0.2) is 0 Å². The number of nitrogens with zero attached hydrogens (tertiary/aromatic N) is 2. The van der Waals surface area contributed by atoms with Gasteiger partial charge < -0.3 is 4.52 Å². The second kappa shape index (κ2) is 3.85. The van der Waals surface area contributed by atoms with Crippen molar-refractivity contribution in [1.29, 1.82) is 0 Å². The van der Waals surface area contributed by atoms with E-state index in [9.17, 15) is 0 Å². The topological polar surface area (TPSA) is 38.9 Å². The van der Waals surface area contributed by atoms with E-state index in [1.165, 1.54) is 5.56 Å². The third-order valence-corrected chi connectivity index (χ3v) is 2.25. The van der Waals surface area contributed by atoms with Crippen LogP contribution in [-0.4, -0.2) is 10.1 Å². The maximum absolute atomic E-state index is 5.15. The lowest BCUT2D eigenvalue weighted by molar-refractivity contribution is 0.365. The molecule has 1 heterocycles. The normalized spacial score (nSPS) is 10.9. The second-order valence-corrected chi connectivity index (χ2v) is 3.98. The van der Waals surface area contributed by atoms with Crippen molar-refractivity contribution in [3.8, 4) is 11.4 Å². The Morgan fingerprint density at radius 2 is 1.80 bits per heavy atom. The first-order valence-electron chi connectivity index (χ1n) is 5.07. The molecule has 1 aromatic heterocycles. The molecular weight excluding hydrogens is 188 g/mol. The standard InChI is InChI=1S/C12H14N2O/c1-8(2)12-13-11(14-15-12)10-6-4-9(3)5-7-10/h4-8H,1-3H3. The summed E-state index contributed by atoms with van der Waals surface area (Å²) >= 11 is 0. The third kappa shape index (κ3) is 2.06. The predicted molar refractivity (Wildman–Crippen MR) is 58.6 cm³/mol. The molecule has 15 heavy (non-hydrogen) atoms. The zero-order chi connectivity index (χ0) is 10.8. The quantitative estimate of drug-likeness (QED) is 0.750. The maximum atomic E-state index is 5.15. The molecule has 0 atom stereocenters. The maximum Gasteiger partial charge on any atom is 0.229 e. The van der Waals surface area contributed by atoms with Crippen LogP contribution in [0.25, 0.3) is 11.4 Å². The number of aromatic nitrogens is 2. The van der Waals surface area contributed by atoms with Crippen LogP contribution >= 0.6 is 0 Å². The average molecular weight is 202 g/mol. The van der Waals surface area contributed by atoms with Gasteiger partial charge in [0.2, 0.25) is 11.7 Å². The Hall–Kier alpha value is -1.64. The summed E-state index contributed by atoms with van der Waals surface area (Å²) in [5, 5.41) is 3.95. The van der Waals surface area contributed by atoms with Gasteiger partial charge in [-0.15, -0.1) is 0 Å². The van der Waals surface area contributed by atoms with Gasteiger partial charge in [-0.1, -0.05) is 48.8 Å². The van der Waals surface area contributed by atoms with Gasteiger partial charge in [-0.25, -0.2) is 0 Å².